The lowest BCUT2D eigenvalue weighted by atomic mass is 9.93. The summed E-state index contributed by atoms with van der Waals surface area (Å²) >= 11 is 6.37. The summed E-state index contributed by atoms with van der Waals surface area (Å²) in [5.41, 5.74) is 1.83. The van der Waals surface area contributed by atoms with Gasteiger partial charge >= 0.3 is 0 Å². The second-order valence-electron chi connectivity index (χ2n) is 9.21. The summed E-state index contributed by atoms with van der Waals surface area (Å²) in [6.07, 6.45) is 3.61. The van der Waals surface area contributed by atoms with Gasteiger partial charge < -0.3 is 19.5 Å². The molecule has 2 aliphatic rings. The predicted molar refractivity (Wildman–Crippen MR) is 131 cm³/mol. The molecule has 0 radical (unpaired) electrons. The number of ketones is 1. The van der Waals surface area contributed by atoms with Crippen molar-refractivity contribution in [3.8, 4) is 11.5 Å². The van der Waals surface area contributed by atoms with Crippen LogP contribution in [0, 0.1) is 6.92 Å². The fourth-order valence-electron chi connectivity index (χ4n) is 5.02. The average molecular weight is 484 g/mol. The van der Waals surface area contributed by atoms with Crippen molar-refractivity contribution in [3.05, 3.63) is 63.7 Å². The Bertz CT molecular complexity index is 1150. The second kappa shape index (κ2) is 9.71. The number of rotatable bonds is 6. The maximum atomic E-state index is 13.4. The molecule has 1 amide bonds. The largest absolute Gasteiger partial charge is 0.507 e. The minimum absolute atomic E-state index is 0.0323. The number of Topliss-reactive ketones (excluding diaryl/α,β-unsaturated/α-hetero) is 1. The first-order chi connectivity index (χ1) is 16.2. The van der Waals surface area contributed by atoms with E-state index in [1.54, 1.807) is 17.0 Å². The van der Waals surface area contributed by atoms with E-state index in [1.807, 2.05) is 45.0 Å². The highest BCUT2D eigenvalue weighted by atomic mass is 35.5. The minimum Gasteiger partial charge on any atom is -0.507 e. The van der Waals surface area contributed by atoms with Crippen LogP contribution in [0.5, 0.6) is 11.5 Å². The molecule has 6 nitrogen and oxygen atoms in total. The van der Waals surface area contributed by atoms with Gasteiger partial charge in [0.15, 0.2) is 0 Å². The third-order valence-corrected chi connectivity index (χ3v) is 6.67. The van der Waals surface area contributed by atoms with E-state index in [-0.39, 0.29) is 34.8 Å². The number of aryl methyl sites for hydroxylation is 1. The van der Waals surface area contributed by atoms with Gasteiger partial charge in [-0.2, -0.15) is 0 Å². The van der Waals surface area contributed by atoms with E-state index in [0.29, 0.717) is 16.3 Å². The van der Waals surface area contributed by atoms with Gasteiger partial charge in [-0.3, -0.25) is 9.59 Å². The average Bonchev–Trinajstić information content (AvgIpc) is 3.39. The quantitative estimate of drug-likeness (QED) is 0.319. The zero-order valence-electron chi connectivity index (χ0n) is 19.9. The molecule has 34 heavy (non-hydrogen) atoms. The zero-order valence-corrected chi connectivity index (χ0v) is 20.7. The number of carbonyl (C=O) groups excluding carboxylic acids is 2. The van der Waals surface area contributed by atoms with Gasteiger partial charge in [-0.25, -0.2) is 0 Å². The van der Waals surface area contributed by atoms with Crippen molar-refractivity contribution in [2.45, 2.75) is 64.6 Å². The molecule has 4 rings (SSSR count). The van der Waals surface area contributed by atoms with Crippen LogP contribution < -0.4 is 9.47 Å². The van der Waals surface area contributed by atoms with Gasteiger partial charge in [-0.15, -0.1) is 0 Å². The molecule has 1 atom stereocenters. The van der Waals surface area contributed by atoms with E-state index in [9.17, 15) is 14.7 Å². The molecular weight excluding hydrogens is 454 g/mol. The number of likely N-dealkylation sites (tertiary alicyclic amines) is 1. The molecule has 1 N–H and O–H groups in total. The Kier molecular flexibility index (Phi) is 6.89. The number of hydrogen-bond donors (Lipinski definition) is 1. The molecule has 0 aromatic heterocycles. The van der Waals surface area contributed by atoms with Crippen molar-refractivity contribution in [1.29, 1.82) is 0 Å². The molecule has 1 saturated heterocycles. The van der Waals surface area contributed by atoms with Gasteiger partial charge in [0.1, 0.15) is 17.3 Å². The van der Waals surface area contributed by atoms with Crippen LogP contribution in [-0.4, -0.2) is 41.0 Å². The Morgan fingerprint density at radius 1 is 1.15 bits per heavy atom. The Morgan fingerprint density at radius 2 is 1.85 bits per heavy atom. The molecule has 180 valence electrons. The molecule has 2 aromatic rings. The molecule has 2 fully saturated rings. The number of benzene rings is 2. The minimum atomic E-state index is -0.734. The first-order valence-corrected chi connectivity index (χ1v) is 12.0. The van der Waals surface area contributed by atoms with E-state index < -0.39 is 17.7 Å². The Labute approximate surface area is 205 Å². The molecule has 2 aromatic carbocycles. The van der Waals surface area contributed by atoms with Crippen molar-refractivity contribution in [3.63, 3.8) is 0 Å². The molecular formula is C27H30ClNO5. The van der Waals surface area contributed by atoms with Crippen molar-refractivity contribution in [1.82, 2.24) is 4.90 Å². The molecule has 0 spiro atoms. The van der Waals surface area contributed by atoms with Crippen LogP contribution in [0.15, 0.2) is 42.0 Å². The highest BCUT2D eigenvalue weighted by Gasteiger charge is 2.49. The first kappa shape index (κ1) is 24.1. The fraction of sp³-hybridized carbons (Fsp3) is 0.407. The Hall–Kier alpha value is -2.99. The predicted octanol–water partition coefficient (Wildman–Crippen LogP) is 5.81. The number of aliphatic hydroxyl groups is 1. The molecule has 0 bridgehead atoms. The van der Waals surface area contributed by atoms with E-state index in [0.717, 1.165) is 31.2 Å². The van der Waals surface area contributed by atoms with Crippen LogP contribution in [0.25, 0.3) is 5.76 Å². The SMILES string of the molecule is COc1c(Cl)cc(C)cc1/C(O)=C1\C(=O)C(=O)N(C2CCCC2)C1c1cccc(OC(C)C)c1. The number of ether oxygens (including phenoxy) is 2. The Morgan fingerprint density at radius 3 is 2.50 bits per heavy atom. The second-order valence-corrected chi connectivity index (χ2v) is 9.62. The van der Waals surface area contributed by atoms with Crippen molar-refractivity contribution in [2.75, 3.05) is 7.11 Å². The van der Waals surface area contributed by atoms with Crippen molar-refractivity contribution >= 4 is 29.1 Å². The number of nitrogens with zero attached hydrogens (tertiary/aromatic N) is 1. The molecule has 7 heteroatoms. The summed E-state index contributed by atoms with van der Waals surface area (Å²) in [5.74, 6) is -0.690. The van der Waals surface area contributed by atoms with Gasteiger partial charge in [0.2, 0.25) is 0 Å². The number of aliphatic hydroxyl groups excluding tert-OH is 1. The van der Waals surface area contributed by atoms with Gasteiger partial charge in [0.05, 0.1) is 35.4 Å². The van der Waals surface area contributed by atoms with E-state index in [4.69, 9.17) is 21.1 Å². The van der Waals surface area contributed by atoms with Crippen LogP contribution in [0.4, 0.5) is 0 Å². The summed E-state index contributed by atoms with van der Waals surface area (Å²) in [6, 6.07) is 10.0. The third kappa shape index (κ3) is 4.39. The van der Waals surface area contributed by atoms with Crippen LogP contribution in [0.2, 0.25) is 5.02 Å². The van der Waals surface area contributed by atoms with Crippen LogP contribution >= 0.6 is 11.6 Å². The summed E-state index contributed by atoms with van der Waals surface area (Å²) in [4.78, 5) is 28.4. The van der Waals surface area contributed by atoms with Gasteiger partial charge in [-0.1, -0.05) is 36.6 Å². The summed E-state index contributed by atoms with van der Waals surface area (Å²) in [6.45, 7) is 5.71. The van der Waals surface area contributed by atoms with Gasteiger partial charge in [-0.05, 0) is 69.0 Å². The third-order valence-electron chi connectivity index (χ3n) is 6.39. The van der Waals surface area contributed by atoms with Crippen molar-refractivity contribution < 1.29 is 24.2 Å². The van der Waals surface area contributed by atoms with Crippen LogP contribution in [-0.2, 0) is 9.59 Å². The molecule has 1 unspecified atom stereocenters. The van der Waals surface area contributed by atoms with E-state index in [1.165, 1.54) is 7.11 Å². The lowest BCUT2D eigenvalue weighted by Crippen LogP contribution is -2.37. The number of amides is 1. The topological polar surface area (TPSA) is 76.1 Å². The Balaban J connectivity index is 1.93. The summed E-state index contributed by atoms with van der Waals surface area (Å²) in [7, 11) is 1.45. The molecule has 1 aliphatic carbocycles. The number of carbonyl (C=O) groups is 2. The summed E-state index contributed by atoms with van der Waals surface area (Å²) < 4.78 is 11.3. The van der Waals surface area contributed by atoms with Crippen molar-refractivity contribution in [2.24, 2.45) is 0 Å². The monoisotopic (exact) mass is 483 g/mol. The molecule has 1 saturated carbocycles. The highest BCUT2D eigenvalue weighted by Crippen LogP contribution is 2.45. The lowest BCUT2D eigenvalue weighted by Gasteiger charge is -2.31. The first-order valence-electron chi connectivity index (χ1n) is 11.6. The van der Waals surface area contributed by atoms with Gasteiger partial charge in [0, 0.05) is 6.04 Å². The fourth-order valence-corrected chi connectivity index (χ4v) is 5.37. The number of hydrogen-bond acceptors (Lipinski definition) is 5. The van der Waals surface area contributed by atoms with E-state index in [2.05, 4.69) is 0 Å². The number of halogens is 1. The maximum Gasteiger partial charge on any atom is 0.295 e. The highest BCUT2D eigenvalue weighted by molar-refractivity contribution is 6.46. The van der Waals surface area contributed by atoms with Crippen LogP contribution in [0.1, 0.15) is 62.3 Å². The molecule has 1 heterocycles. The lowest BCUT2D eigenvalue weighted by molar-refractivity contribution is -0.141. The zero-order chi connectivity index (χ0) is 24.6. The standard InChI is InChI=1S/C27H30ClNO5/c1-15(2)34-19-11-7-8-17(14-19)23-22(25(31)27(32)29(23)18-9-5-6-10-18)24(30)20-12-16(3)13-21(28)26(20)33-4/h7-8,11-15,18,23,30H,5-6,9-10H2,1-4H3/b24-22+. The smallest absolute Gasteiger partial charge is 0.295 e. The number of methoxy groups -OCH3 is 1. The van der Waals surface area contributed by atoms with Crippen LogP contribution in [0.3, 0.4) is 0 Å². The maximum absolute atomic E-state index is 13.4. The summed E-state index contributed by atoms with van der Waals surface area (Å²) in [5, 5.41) is 11.8. The normalized spacial score (nSPS) is 20.4. The van der Waals surface area contributed by atoms with E-state index >= 15 is 0 Å². The van der Waals surface area contributed by atoms with Gasteiger partial charge in [0.25, 0.3) is 11.7 Å². The molecule has 1 aliphatic heterocycles.